The number of piperazine rings is 1. The minimum absolute atomic E-state index is 0.112. The Morgan fingerprint density at radius 3 is 2.26 bits per heavy atom. The first-order chi connectivity index (χ1) is 19.0. The molecule has 1 amide bonds. The smallest absolute Gasteiger partial charge is 0.253 e. The van der Waals surface area contributed by atoms with E-state index in [0.29, 0.717) is 13.1 Å². The van der Waals surface area contributed by atoms with Crippen LogP contribution in [-0.2, 0) is 12.8 Å². The van der Waals surface area contributed by atoms with E-state index in [2.05, 4.69) is 86.3 Å². The van der Waals surface area contributed by atoms with Gasteiger partial charge in [0, 0.05) is 55.0 Å². The summed E-state index contributed by atoms with van der Waals surface area (Å²) < 4.78 is 0. The van der Waals surface area contributed by atoms with Gasteiger partial charge in [0.1, 0.15) is 5.82 Å². The summed E-state index contributed by atoms with van der Waals surface area (Å²) in [5.74, 6) is 1.85. The summed E-state index contributed by atoms with van der Waals surface area (Å²) in [4.78, 5) is 27.7. The molecule has 0 atom stereocenters. The standard InChI is InChI=1S/C34H38N4O/c1-4-5-11-27-15-17-29(18-16-27)34(39)38-21-19-37(20-22-38)33-31(24-28-12-7-6-8-13-28)26(3)35-32(36-33)30-14-9-10-25(2)23-30/h6-10,12-18,23H,4-5,11,19-22,24H2,1-3H3. The molecule has 200 valence electrons. The highest BCUT2D eigenvalue weighted by Gasteiger charge is 2.26. The van der Waals surface area contributed by atoms with Crippen LogP contribution in [0.4, 0.5) is 5.82 Å². The van der Waals surface area contributed by atoms with Crippen molar-refractivity contribution in [3.8, 4) is 11.4 Å². The van der Waals surface area contributed by atoms with E-state index in [4.69, 9.17) is 9.97 Å². The molecule has 5 heteroatoms. The van der Waals surface area contributed by atoms with Crippen LogP contribution in [0.15, 0.2) is 78.9 Å². The van der Waals surface area contributed by atoms with Crippen LogP contribution in [0.25, 0.3) is 11.4 Å². The van der Waals surface area contributed by atoms with Gasteiger partial charge < -0.3 is 9.80 Å². The summed E-state index contributed by atoms with van der Waals surface area (Å²) in [6, 6.07) is 27.0. The van der Waals surface area contributed by atoms with Gasteiger partial charge in [0.05, 0.1) is 0 Å². The highest BCUT2D eigenvalue weighted by Crippen LogP contribution is 2.29. The second-order valence-corrected chi connectivity index (χ2v) is 10.5. The lowest BCUT2D eigenvalue weighted by atomic mass is 10.0. The summed E-state index contributed by atoms with van der Waals surface area (Å²) in [6.07, 6.45) is 4.20. The minimum atomic E-state index is 0.112. The van der Waals surface area contributed by atoms with Crippen LogP contribution in [0.5, 0.6) is 0 Å². The number of carbonyl (C=O) groups excluding carboxylic acids is 1. The molecule has 0 N–H and O–H groups in total. The molecule has 0 saturated carbocycles. The largest absolute Gasteiger partial charge is 0.353 e. The number of aromatic nitrogens is 2. The van der Waals surface area contributed by atoms with E-state index in [1.807, 2.05) is 23.1 Å². The number of nitrogens with zero attached hydrogens (tertiary/aromatic N) is 4. The van der Waals surface area contributed by atoms with Gasteiger partial charge in [-0.25, -0.2) is 9.97 Å². The lowest BCUT2D eigenvalue weighted by Crippen LogP contribution is -2.49. The molecule has 3 aromatic carbocycles. The van der Waals surface area contributed by atoms with E-state index < -0.39 is 0 Å². The van der Waals surface area contributed by atoms with Gasteiger partial charge in [-0.1, -0.05) is 79.6 Å². The van der Waals surface area contributed by atoms with Crippen LogP contribution in [-0.4, -0.2) is 47.0 Å². The highest BCUT2D eigenvalue weighted by molar-refractivity contribution is 5.94. The number of hydrogen-bond acceptors (Lipinski definition) is 4. The average molecular weight is 519 g/mol. The molecule has 39 heavy (non-hydrogen) atoms. The molecule has 5 nitrogen and oxygen atoms in total. The first-order valence-electron chi connectivity index (χ1n) is 14.1. The molecular weight excluding hydrogens is 480 g/mol. The zero-order valence-electron chi connectivity index (χ0n) is 23.4. The van der Waals surface area contributed by atoms with Crippen molar-refractivity contribution in [1.82, 2.24) is 14.9 Å². The van der Waals surface area contributed by atoms with Crippen molar-refractivity contribution >= 4 is 11.7 Å². The number of aryl methyl sites for hydroxylation is 3. The van der Waals surface area contributed by atoms with Crippen LogP contribution in [0, 0.1) is 13.8 Å². The van der Waals surface area contributed by atoms with Crippen molar-refractivity contribution in [2.75, 3.05) is 31.1 Å². The first-order valence-corrected chi connectivity index (χ1v) is 14.1. The number of anilines is 1. The van der Waals surface area contributed by atoms with Gasteiger partial charge in [-0.15, -0.1) is 0 Å². The minimum Gasteiger partial charge on any atom is -0.353 e. The predicted molar refractivity (Wildman–Crippen MR) is 159 cm³/mol. The second-order valence-electron chi connectivity index (χ2n) is 10.5. The van der Waals surface area contributed by atoms with E-state index in [0.717, 1.165) is 60.0 Å². The third-order valence-electron chi connectivity index (χ3n) is 7.58. The van der Waals surface area contributed by atoms with Crippen molar-refractivity contribution in [1.29, 1.82) is 0 Å². The summed E-state index contributed by atoms with van der Waals surface area (Å²) in [6.45, 7) is 9.21. The van der Waals surface area contributed by atoms with E-state index >= 15 is 0 Å². The molecule has 4 aromatic rings. The summed E-state index contributed by atoms with van der Waals surface area (Å²) >= 11 is 0. The van der Waals surface area contributed by atoms with Crippen molar-refractivity contribution in [2.45, 2.75) is 46.5 Å². The Morgan fingerprint density at radius 2 is 1.56 bits per heavy atom. The maximum Gasteiger partial charge on any atom is 0.253 e. The quantitative estimate of drug-likeness (QED) is 0.262. The summed E-state index contributed by atoms with van der Waals surface area (Å²) in [5.41, 5.74) is 7.68. The molecule has 0 radical (unpaired) electrons. The highest BCUT2D eigenvalue weighted by atomic mass is 16.2. The summed E-state index contributed by atoms with van der Waals surface area (Å²) in [7, 11) is 0. The molecule has 0 unspecified atom stereocenters. The van der Waals surface area contributed by atoms with E-state index in [-0.39, 0.29) is 5.91 Å². The molecule has 1 aliphatic heterocycles. The van der Waals surface area contributed by atoms with Crippen LogP contribution < -0.4 is 4.90 Å². The molecule has 2 heterocycles. The van der Waals surface area contributed by atoms with Crippen molar-refractivity contribution < 1.29 is 4.79 Å². The van der Waals surface area contributed by atoms with Crippen LogP contribution in [0.3, 0.4) is 0 Å². The third-order valence-corrected chi connectivity index (χ3v) is 7.58. The Balaban J connectivity index is 1.37. The zero-order valence-corrected chi connectivity index (χ0v) is 23.4. The third kappa shape index (κ3) is 6.36. The Labute approximate surface area is 232 Å². The lowest BCUT2D eigenvalue weighted by molar-refractivity contribution is 0.0746. The van der Waals surface area contributed by atoms with E-state index in [1.165, 1.54) is 29.5 Å². The molecule has 5 rings (SSSR count). The first kappa shape index (κ1) is 26.6. The van der Waals surface area contributed by atoms with Gasteiger partial charge in [0.25, 0.3) is 5.91 Å². The molecule has 0 bridgehead atoms. The maximum atomic E-state index is 13.3. The van der Waals surface area contributed by atoms with Crippen LogP contribution in [0.2, 0.25) is 0 Å². The Morgan fingerprint density at radius 1 is 0.821 bits per heavy atom. The Bertz CT molecular complexity index is 1410. The maximum absolute atomic E-state index is 13.3. The number of amides is 1. The molecule has 1 saturated heterocycles. The molecule has 0 spiro atoms. The average Bonchev–Trinajstić information content (AvgIpc) is 2.97. The van der Waals surface area contributed by atoms with Gasteiger partial charge in [-0.3, -0.25) is 4.79 Å². The van der Waals surface area contributed by atoms with E-state index in [9.17, 15) is 4.79 Å². The van der Waals surface area contributed by atoms with Gasteiger partial charge in [-0.05, 0) is 56.0 Å². The Kier molecular flexibility index (Phi) is 8.36. The second kappa shape index (κ2) is 12.2. The Hall–Kier alpha value is -3.99. The molecule has 1 aromatic heterocycles. The molecule has 1 aliphatic rings. The van der Waals surface area contributed by atoms with Crippen molar-refractivity contribution in [2.24, 2.45) is 0 Å². The van der Waals surface area contributed by atoms with E-state index in [1.54, 1.807) is 0 Å². The molecular formula is C34H38N4O. The lowest BCUT2D eigenvalue weighted by Gasteiger charge is -2.36. The topological polar surface area (TPSA) is 49.3 Å². The fraction of sp³-hybridized carbons (Fsp3) is 0.324. The van der Waals surface area contributed by atoms with Gasteiger partial charge in [0.2, 0.25) is 0 Å². The normalized spacial score (nSPS) is 13.5. The number of benzene rings is 3. The number of unbranched alkanes of at least 4 members (excludes halogenated alkanes) is 1. The SMILES string of the molecule is CCCCc1ccc(C(=O)N2CCN(c3nc(-c4cccc(C)c4)nc(C)c3Cc3ccccc3)CC2)cc1. The van der Waals surface area contributed by atoms with Crippen LogP contribution in [0.1, 0.15) is 58.1 Å². The fourth-order valence-electron chi connectivity index (χ4n) is 5.26. The summed E-state index contributed by atoms with van der Waals surface area (Å²) in [5, 5.41) is 0. The van der Waals surface area contributed by atoms with Crippen molar-refractivity contribution in [3.05, 3.63) is 112 Å². The fourth-order valence-corrected chi connectivity index (χ4v) is 5.26. The number of hydrogen-bond donors (Lipinski definition) is 0. The van der Waals surface area contributed by atoms with Gasteiger partial charge in [-0.2, -0.15) is 0 Å². The predicted octanol–water partition coefficient (Wildman–Crippen LogP) is 6.66. The zero-order chi connectivity index (χ0) is 27.2. The number of rotatable bonds is 8. The molecule has 1 fully saturated rings. The van der Waals surface area contributed by atoms with Gasteiger partial charge in [0.15, 0.2) is 5.82 Å². The monoisotopic (exact) mass is 518 g/mol. The van der Waals surface area contributed by atoms with Crippen LogP contribution >= 0.6 is 0 Å². The molecule has 0 aliphatic carbocycles. The number of carbonyl (C=O) groups is 1. The van der Waals surface area contributed by atoms with Crippen molar-refractivity contribution in [3.63, 3.8) is 0 Å². The van der Waals surface area contributed by atoms with Gasteiger partial charge >= 0.3 is 0 Å².